The molecule has 1 aromatic carbocycles. The van der Waals surface area contributed by atoms with Gasteiger partial charge in [0.1, 0.15) is 5.25 Å². The molecule has 1 unspecified atom stereocenters. The highest BCUT2D eigenvalue weighted by Gasteiger charge is 2.40. The minimum absolute atomic E-state index is 0.0129. The first-order valence-electron chi connectivity index (χ1n) is 8.55. The first-order valence-corrected chi connectivity index (χ1v) is 13.0. The normalized spacial score (nSPS) is 15.0. The molecule has 0 radical (unpaired) electrons. The van der Waals surface area contributed by atoms with E-state index in [1.807, 2.05) is 38.1 Å². The summed E-state index contributed by atoms with van der Waals surface area (Å²) >= 11 is 0. The molecule has 0 aliphatic heterocycles. The van der Waals surface area contributed by atoms with Gasteiger partial charge in [-0.3, -0.25) is 0 Å². The van der Waals surface area contributed by atoms with Gasteiger partial charge in [0.15, 0.2) is 9.84 Å². The molecule has 0 spiro atoms. The van der Waals surface area contributed by atoms with Crippen LogP contribution in [0.5, 0.6) is 0 Å². The molecule has 0 saturated carbocycles. The Hall–Kier alpha value is -1.40. The Kier molecular flexibility index (Phi) is 7.20. The summed E-state index contributed by atoms with van der Waals surface area (Å²) in [4.78, 5) is 0.311. The topological polar surface area (TPSA) is 55.7 Å². The van der Waals surface area contributed by atoms with E-state index in [4.69, 9.17) is 4.53 Å². The zero-order chi connectivity index (χ0) is 19.3. The summed E-state index contributed by atoms with van der Waals surface area (Å²) in [5.41, 5.74) is 1.03. The molecule has 6 heteroatoms. The summed E-state index contributed by atoms with van der Waals surface area (Å²) in [6, 6.07) is 6.91. The Morgan fingerprint density at radius 1 is 1.20 bits per heavy atom. The fraction of sp³-hybridized carbons (Fsp3) is 0.526. The standard InChI is InChI=1S/C19H31NO3SSi/c1-8-9-10-18(15-20-23-25(6,7)19(3,4)5)24(21,22)17-13-11-16(2)12-14-17/h8-9,11-15,18H,10H2,1-7H3/b9-8+,20-15+. The van der Waals surface area contributed by atoms with Gasteiger partial charge < -0.3 is 4.53 Å². The summed E-state index contributed by atoms with van der Waals surface area (Å²) in [5.74, 6) is 0. The largest absolute Gasteiger partial charge is 0.455 e. The molecule has 25 heavy (non-hydrogen) atoms. The second kappa shape index (κ2) is 8.32. The van der Waals surface area contributed by atoms with Gasteiger partial charge in [-0.15, -0.1) is 5.16 Å². The van der Waals surface area contributed by atoms with Crippen LogP contribution in [0.1, 0.15) is 39.7 Å². The zero-order valence-corrected chi connectivity index (χ0v) is 18.2. The van der Waals surface area contributed by atoms with Gasteiger partial charge in [-0.25, -0.2) is 8.42 Å². The van der Waals surface area contributed by atoms with Crippen LogP contribution in [0.25, 0.3) is 0 Å². The highest BCUT2D eigenvalue weighted by atomic mass is 32.2. The predicted octanol–water partition coefficient (Wildman–Crippen LogP) is 5.11. The summed E-state index contributed by atoms with van der Waals surface area (Å²) in [5, 5.41) is 3.37. The van der Waals surface area contributed by atoms with Crippen LogP contribution in [0.4, 0.5) is 0 Å². The van der Waals surface area contributed by atoms with Crippen molar-refractivity contribution in [3.05, 3.63) is 42.0 Å². The van der Waals surface area contributed by atoms with Crippen LogP contribution in [-0.2, 0) is 14.4 Å². The van der Waals surface area contributed by atoms with Gasteiger partial charge in [0.2, 0.25) is 0 Å². The number of sulfone groups is 1. The third kappa shape index (κ3) is 5.82. The van der Waals surface area contributed by atoms with Crippen LogP contribution >= 0.6 is 0 Å². The van der Waals surface area contributed by atoms with Gasteiger partial charge in [-0.1, -0.05) is 50.6 Å². The van der Waals surface area contributed by atoms with Crippen molar-refractivity contribution in [2.75, 3.05) is 0 Å². The number of hydrogen-bond acceptors (Lipinski definition) is 4. The van der Waals surface area contributed by atoms with Crippen LogP contribution in [-0.4, -0.2) is 28.2 Å². The number of hydrogen-bond donors (Lipinski definition) is 0. The van der Waals surface area contributed by atoms with Crippen molar-refractivity contribution < 1.29 is 12.9 Å². The van der Waals surface area contributed by atoms with Crippen LogP contribution in [0.15, 0.2) is 46.5 Å². The Morgan fingerprint density at radius 3 is 2.24 bits per heavy atom. The molecule has 1 aromatic rings. The number of nitrogens with zero attached hydrogens (tertiary/aromatic N) is 1. The fourth-order valence-electron chi connectivity index (χ4n) is 1.81. The quantitative estimate of drug-likeness (QED) is 0.285. The van der Waals surface area contributed by atoms with Gasteiger partial charge in [-0.05, 0) is 50.5 Å². The molecule has 0 N–H and O–H groups in total. The molecule has 0 aromatic heterocycles. The maximum Gasteiger partial charge on any atom is 0.286 e. The van der Waals surface area contributed by atoms with E-state index < -0.39 is 23.4 Å². The average Bonchev–Trinajstić information content (AvgIpc) is 2.49. The van der Waals surface area contributed by atoms with Crippen LogP contribution < -0.4 is 0 Å². The zero-order valence-electron chi connectivity index (χ0n) is 16.4. The third-order valence-corrected chi connectivity index (χ3v) is 10.9. The van der Waals surface area contributed by atoms with Crippen molar-refractivity contribution >= 4 is 24.4 Å². The molecular formula is C19H31NO3SSi. The Balaban J connectivity index is 3.08. The van der Waals surface area contributed by atoms with E-state index in [9.17, 15) is 8.42 Å². The summed E-state index contributed by atoms with van der Waals surface area (Å²) in [7, 11) is -5.57. The van der Waals surface area contributed by atoms with Gasteiger partial charge in [0, 0.05) is 0 Å². The second-order valence-corrected chi connectivity index (χ2v) is 14.7. The van der Waals surface area contributed by atoms with Crippen molar-refractivity contribution in [2.24, 2.45) is 5.16 Å². The lowest BCUT2D eigenvalue weighted by molar-refractivity contribution is 0.309. The Morgan fingerprint density at radius 2 is 1.76 bits per heavy atom. The predicted molar refractivity (Wildman–Crippen MR) is 108 cm³/mol. The number of oxime groups is 1. The average molecular weight is 382 g/mol. The SMILES string of the molecule is C/C=C/CC(/C=N/O[Si](C)(C)C(C)(C)C)S(=O)(=O)c1ccc(C)cc1. The van der Waals surface area contributed by atoms with E-state index in [2.05, 4.69) is 39.0 Å². The summed E-state index contributed by atoms with van der Waals surface area (Å²) in [6.45, 7) is 14.3. The number of rotatable bonds is 7. The summed E-state index contributed by atoms with van der Waals surface area (Å²) in [6.07, 6.45) is 5.50. The monoisotopic (exact) mass is 381 g/mol. The van der Waals surface area contributed by atoms with E-state index >= 15 is 0 Å². The van der Waals surface area contributed by atoms with E-state index in [-0.39, 0.29) is 5.04 Å². The molecule has 0 aliphatic rings. The molecule has 1 atom stereocenters. The molecule has 4 nitrogen and oxygen atoms in total. The number of benzene rings is 1. The first kappa shape index (κ1) is 21.6. The number of allylic oxidation sites excluding steroid dienone is 2. The maximum atomic E-state index is 12.9. The van der Waals surface area contributed by atoms with E-state index in [0.29, 0.717) is 11.3 Å². The van der Waals surface area contributed by atoms with Crippen molar-refractivity contribution in [1.29, 1.82) is 0 Å². The lowest BCUT2D eigenvalue weighted by Crippen LogP contribution is -2.39. The molecule has 140 valence electrons. The van der Waals surface area contributed by atoms with Crippen molar-refractivity contribution in [1.82, 2.24) is 0 Å². The first-order chi connectivity index (χ1) is 11.4. The van der Waals surface area contributed by atoms with Gasteiger partial charge in [0.25, 0.3) is 8.32 Å². The fourth-order valence-corrected chi connectivity index (χ4v) is 3.85. The van der Waals surface area contributed by atoms with Gasteiger partial charge >= 0.3 is 0 Å². The highest BCUT2D eigenvalue weighted by Crippen LogP contribution is 2.36. The van der Waals surface area contributed by atoms with E-state index in [1.54, 1.807) is 12.1 Å². The molecule has 0 saturated heterocycles. The van der Waals surface area contributed by atoms with E-state index in [1.165, 1.54) is 6.21 Å². The maximum absolute atomic E-state index is 12.9. The van der Waals surface area contributed by atoms with Crippen LogP contribution in [0.2, 0.25) is 18.1 Å². The molecule has 0 fully saturated rings. The lowest BCUT2D eigenvalue weighted by atomic mass is 10.2. The van der Waals surface area contributed by atoms with Crippen LogP contribution in [0.3, 0.4) is 0 Å². The van der Waals surface area contributed by atoms with Gasteiger partial charge in [0.05, 0.1) is 11.1 Å². The Bertz CT molecular complexity index is 714. The lowest BCUT2D eigenvalue weighted by Gasteiger charge is -2.33. The second-order valence-electron chi connectivity index (χ2n) is 7.81. The van der Waals surface area contributed by atoms with Crippen LogP contribution in [0, 0.1) is 6.92 Å². The Labute approximate surface area is 154 Å². The molecule has 1 rings (SSSR count). The highest BCUT2D eigenvalue weighted by molar-refractivity contribution is 7.92. The molecule has 0 aliphatic carbocycles. The molecule has 0 bridgehead atoms. The van der Waals surface area contributed by atoms with Crippen molar-refractivity contribution in [3.63, 3.8) is 0 Å². The third-order valence-electron chi connectivity index (χ3n) is 4.67. The molecular weight excluding hydrogens is 350 g/mol. The molecule has 0 amide bonds. The minimum atomic E-state index is -3.51. The smallest absolute Gasteiger partial charge is 0.286 e. The van der Waals surface area contributed by atoms with E-state index in [0.717, 1.165) is 5.56 Å². The van der Waals surface area contributed by atoms with Gasteiger partial charge in [-0.2, -0.15) is 0 Å². The van der Waals surface area contributed by atoms with Crippen molar-refractivity contribution in [3.8, 4) is 0 Å². The van der Waals surface area contributed by atoms with Crippen molar-refractivity contribution in [2.45, 2.75) is 69.3 Å². The number of aryl methyl sites for hydroxylation is 1. The minimum Gasteiger partial charge on any atom is -0.455 e. The molecule has 0 heterocycles. The summed E-state index contributed by atoms with van der Waals surface area (Å²) < 4.78 is 31.6.